The summed E-state index contributed by atoms with van der Waals surface area (Å²) >= 11 is 0. The smallest absolute Gasteiger partial charge is 0.203 e. The minimum Gasteiger partial charge on any atom is -0.505 e. The van der Waals surface area contributed by atoms with Crippen LogP contribution in [0, 0.1) is 23.3 Å². The summed E-state index contributed by atoms with van der Waals surface area (Å²) in [5, 5.41) is 8.38. The van der Waals surface area contributed by atoms with Gasteiger partial charge in [-0.15, -0.1) is 0 Å². The van der Waals surface area contributed by atoms with Gasteiger partial charge in [-0.05, 0) is 0 Å². The number of hydrogen-bond acceptors (Lipinski definition) is 1. The fourth-order valence-electron chi connectivity index (χ4n) is 0.560. The summed E-state index contributed by atoms with van der Waals surface area (Å²) in [4.78, 5) is 0. The predicted molar refractivity (Wildman–Crippen MR) is 33.7 cm³/mol. The number of rotatable bonds is 0. The van der Waals surface area contributed by atoms with Crippen LogP contribution in [0.4, 0.5) is 17.6 Å². The largest absolute Gasteiger partial charge is 0.505 e. The molecule has 0 fully saturated rings. The number of hydrogen-bond donors (Lipinski definition) is 1. The second-order valence-corrected chi connectivity index (χ2v) is 1.82. The molecule has 0 atom stereocenters. The second kappa shape index (κ2) is 4.11. The van der Waals surface area contributed by atoms with Crippen LogP contribution in [0.3, 0.4) is 0 Å². The third-order valence-electron chi connectivity index (χ3n) is 1.08. The molecule has 0 aliphatic carbocycles. The molecule has 0 saturated carbocycles. The van der Waals surface area contributed by atoms with E-state index in [9.17, 15) is 17.6 Å². The summed E-state index contributed by atoms with van der Waals surface area (Å²) in [6.45, 7) is 0. The van der Waals surface area contributed by atoms with Crippen molar-refractivity contribution in [3.05, 3.63) is 29.3 Å². The van der Waals surface area contributed by atoms with Crippen molar-refractivity contribution in [3.8, 4) is 5.75 Å². The molecule has 12 heavy (non-hydrogen) atoms. The average molecular weight is 189 g/mol. The minimum atomic E-state index is -2.01. The van der Waals surface area contributed by atoms with Crippen molar-refractivity contribution in [1.82, 2.24) is 0 Å². The van der Waals surface area contributed by atoms with Gasteiger partial charge in [-0.1, -0.05) is 0 Å². The monoisotopic (exact) mass is 189 g/mol. The zero-order chi connectivity index (χ0) is 8.59. The van der Waals surface area contributed by atoms with E-state index in [0.29, 0.717) is 0 Å². The molecule has 1 aromatic carbocycles. The zero-order valence-electron chi connectivity index (χ0n) is 6.04. The van der Waals surface area contributed by atoms with E-state index in [0.717, 1.165) is 0 Å². The molecule has 1 radical (unpaired) electrons. The molecule has 6 heteroatoms. The second-order valence-electron chi connectivity index (χ2n) is 1.82. The van der Waals surface area contributed by atoms with Crippen LogP contribution in [0.25, 0.3) is 0 Å². The van der Waals surface area contributed by atoms with E-state index >= 15 is 0 Å². The Morgan fingerprint density at radius 1 is 0.917 bits per heavy atom. The molecule has 0 aliphatic rings. The molecule has 1 rings (SSSR count). The molecule has 0 bridgehead atoms. The van der Waals surface area contributed by atoms with Crippen LogP contribution in [-0.2, 0) is 0 Å². The van der Waals surface area contributed by atoms with E-state index in [2.05, 4.69) is 0 Å². The van der Waals surface area contributed by atoms with Crippen molar-refractivity contribution in [3.63, 3.8) is 0 Å². The van der Waals surface area contributed by atoms with Gasteiger partial charge in [-0.25, -0.2) is 13.2 Å². The summed E-state index contributed by atoms with van der Waals surface area (Å²) in [5.41, 5.74) is 0. The number of aromatic hydroxyl groups is 1. The maximum Gasteiger partial charge on any atom is 0.203 e. The van der Waals surface area contributed by atoms with E-state index in [-0.39, 0.29) is 35.6 Å². The van der Waals surface area contributed by atoms with Gasteiger partial charge in [0, 0.05) is 35.6 Å². The van der Waals surface area contributed by atoms with Gasteiger partial charge in [-0.3, -0.25) is 0 Å². The summed E-state index contributed by atoms with van der Waals surface area (Å²) < 4.78 is 48.4. The van der Waals surface area contributed by atoms with Gasteiger partial charge < -0.3 is 5.11 Å². The van der Waals surface area contributed by atoms with Crippen molar-refractivity contribution in [2.45, 2.75) is 0 Å². The van der Waals surface area contributed by atoms with Crippen LogP contribution in [0.2, 0.25) is 0 Å². The molecule has 0 saturated heterocycles. The molecule has 0 aromatic heterocycles. The Hall–Kier alpha value is -0.260. The van der Waals surface area contributed by atoms with Crippen LogP contribution < -0.4 is 0 Å². The van der Waals surface area contributed by atoms with Gasteiger partial charge in [0.25, 0.3) is 0 Å². The summed E-state index contributed by atoms with van der Waals surface area (Å²) in [7, 11) is 0. The first-order chi connectivity index (χ1) is 5.04. The fourth-order valence-corrected chi connectivity index (χ4v) is 0.560. The van der Waals surface area contributed by atoms with Crippen LogP contribution in [-0.4, -0.2) is 34.7 Å². The SMILES string of the molecule is Oc1cc(F)c(F)c(F)c1F.[Na]. The maximum atomic E-state index is 12.1. The normalized spacial score (nSPS) is 9.33. The molecule has 1 aromatic rings. The van der Waals surface area contributed by atoms with Crippen LogP contribution in [0.15, 0.2) is 6.07 Å². The van der Waals surface area contributed by atoms with Crippen LogP contribution in [0.5, 0.6) is 5.75 Å². The molecule has 0 amide bonds. The minimum absolute atomic E-state index is 0. The van der Waals surface area contributed by atoms with E-state index in [1.54, 1.807) is 0 Å². The maximum absolute atomic E-state index is 12.1. The van der Waals surface area contributed by atoms with Gasteiger partial charge in [-0.2, -0.15) is 4.39 Å². The Morgan fingerprint density at radius 3 is 1.92 bits per heavy atom. The Kier molecular flexibility index (Phi) is 4.02. The number of phenols is 1. The molecule has 1 N–H and O–H groups in total. The first-order valence-corrected chi connectivity index (χ1v) is 2.56. The number of halogens is 4. The molecular weight excluding hydrogens is 187 g/mol. The predicted octanol–water partition coefficient (Wildman–Crippen LogP) is 1.57. The van der Waals surface area contributed by atoms with E-state index in [4.69, 9.17) is 5.11 Å². The molecular formula is C6H2F4NaO. The van der Waals surface area contributed by atoms with Gasteiger partial charge in [0.1, 0.15) is 0 Å². The number of phenolic OH excluding ortho intramolecular Hbond substituents is 1. The summed E-state index contributed by atoms with van der Waals surface area (Å²) in [6.07, 6.45) is 0. The quantitative estimate of drug-likeness (QED) is 0.284. The summed E-state index contributed by atoms with van der Waals surface area (Å²) in [6, 6.07) is 0.160. The third kappa shape index (κ3) is 1.91. The zero-order valence-corrected chi connectivity index (χ0v) is 8.04. The van der Waals surface area contributed by atoms with Crippen LogP contribution in [0.1, 0.15) is 0 Å². The molecule has 61 valence electrons. The Labute approximate surface area is 87.3 Å². The molecule has 0 unspecified atom stereocenters. The van der Waals surface area contributed by atoms with Crippen molar-refractivity contribution in [2.24, 2.45) is 0 Å². The van der Waals surface area contributed by atoms with E-state index < -0.39 is 29.0 Å². The van der Waals surface area contributed by atoms with Gasteiger partial charge in [0.2, 0.25) is 11.6 Å². The van der Waals surface area contributed by atoms with Crippen molar-refractivity contribution < 1.29 is 22.7 Å². The van der Waals surface area contributed by atoms with Crippen LogP contribution >= 0.6 is 0 Å². The molecule has 0 aliphatic heterocycles. The van der Waals surface area contributed by atoms with Crippen molar-refractivity contribution >= 4 is 29.6 Å². The first kappa shape index (κ1) is 11.7. The van der Waals surface area contributed by atoms with Gasteiger partial charge in [0.15, 0.2) is 17.4 Å². The van der Waals surface area contributed by atoms with Gasteiger partial charge in [0.05, 0.1) is 0 Å². The first-order valence-electron chi connectivity index (χ1n) is 2.56. The summed E-state index contributed by atoms with van der Waals surface area (Å²) in [5.74, 6) is -8.60. The average Bonchev–Trinajstić information content (AvgIpc) is 1.97. The fraction of sp³-hybridized carbons (Fsp3) is 0. The number of benzene rings is 1. The van der Waals surface area contributed by atoms with E-state index in [1.165, 1.54) is 0 Å². The molecule has 1 nitrogen and oxygen atoms in total. The Balaban J connectivity index is 0.00000121. The molecule has 0 spiro atoms. The van der Waals surface area contributed by atoms with Gasteiger partial charge >= 0.3 is 0 Å². The van der Waals surface area contributed by atoms with E-state index in [1.807, 2.05) is 0 Å². The molecule has 0 heterocycles. The topological polar surface area (TPSA) is 20.2 Å². The standard InChI is InChI=1S/C6H2F4O.Na/c7-2-1-3(11)5(9)6(10)4(2)8;/h1,11H;. The van der Waals surface area contributed by atoms with Crippen molar-refractivity contribution in [1.29, 1.82) is 0 Å². The van der Waals surface area contributed by atoms with Crippen molar-refractivity contribution in [2.75, 3.05) is 0 Å². The Morgan fingerprint density at radius 2 is 1.42 bits per heavy atom. The third-order valence-corrected chi connectivity index (χ3v) is 1.08. The Bertz CT molecular complexity index is 276.